The predicted octanol–water partition coefficient (Wildman–Crippen LogP) is 1.08. The lowest BCUT2D eigenvalue weighted by molar-refractivity contribution is 0.0375. The van der Waals surface area contributed by atoms with E-state index in [0.717, 1.165) is 44.8 Å². The average Bonchev–Trinajstić information content (AvgIpc) is 2.58. The minimum absolute atomic E-state index is 0.161. The third-order valence-electron chi connectivity index (χ3n) is 3.58. The second-order valence-electron chi connectivity index (χ2n) is 5.23. The third kappa shape index (κ3) is 5.72. The van der Waals surface area contributed by atoms with Gasteiger partial charge in [0, 0.05) is 26.2 Å². The van der Waals surface area contributed by atoms with Crippen LogP contribution in [0.4, 0.5) is 4.79 Å². The van der Waals surface area contributed by atoms with Crippen LogP contribution in [0.1, 0.15) is 17.5 Å². The van der Waals surface area contributed by atoms with Crippen LogP contribution in [-0.2, 0) is 11.3 Å². The Kier molecular flexibility index (Phi) is 6.68. The molecule has 1 aliphatic heterocycles. The van der Waals surface area contributed by atoms with Gasteiger partial charge in [0.2, 0.25) is 0 Å². The van der Waals surface area contributed by atoms with Gasteiger partial charge in [-0.15, -0.1) is 0 Å². The zero-order valence-corrected chi connectivity index (χ0v) is 12.7. The summed E-state index contributed by atoms with van der Waals surface area (Å²) in [4.78, 5) is 14.0. The van der Waals surface area contributed by atoms with Gasteiger partial charge in [0.25, 0.3) is 0 Å². The van der Waals surface area contributed by atoms with E-state index < -0.39 is 0 Å². The Morgan fingerprint density at radius 2 is 1.95 bits per heavy atom. The van der Waals surface area contributed by atoms with Crippen molar-refractivity contribution in [1.29, 1.82) is 5.26 Å². The number of hydrogen-bond donors (Lipinski definition) is 2. The van der Waals surface area contributed by atoms with E-state index in [1.54, 1.807) is 12.1 Å². The minimum Gasteiger partial charge on any atom is -0.379 e. The molecule has 0 saturated carbocycles. The Morgan fingerprint density at radius 1 is 1.23 bits per heavy atom. The fraction of sp³-hybridized carbons (Fsp3) is 0.500. The number of morpholine rings is 1. The molecular formula is C16H22N4O2. The van der Waals surface area contributed by atoms with Crippen molar-refractivity contribution in [3.05, 3.63) is 35.4 Å². The van der Waals surface area contributed by atoms with Gasteiger partial charge in [0.05, 0.1) is 24.8 Å². The van der Waals surface area contributed by atoms with Crippen LogP contribution in [-0.4, -0.2) is 50.3 Å². The molecule has 6 heteroatoms. The summed E-state index contributed by atoms with van der Waals surface area (Å²) in [6, 6.07) is 9.09. The number of nitrogens with zero attached hydrogens (tertiary/aromatic N) is 2. The van der Waals surface area contributed by atoms with E-state index in [0.29, 0.717) is 18.7 Å². The minimum atomic E-state index is -0.161. The molecule has 0 aromatic heterocycles. The number of carbonyl (C=O) groups is 1. The van der Waals surface area contributed by atoms with Gasteiger partial charge >= 0.3 is 6.03 Å². The summed E-state index contributed by atoms with van der Waals surface area (Å²) in [6.45, 7) is 5.67. The number of rotatable bonds is 6. The van der Waals surface area contributed by atoms with E-state index in [-0.39, 0.29) is 6.03 Å². The quantitative estimate of drug-likeness (QED) is 0.771. The van der Waals surface area contributed by atoms with Gasteiger partial charge in [0.1, 0.15) is 0 Å². The smallest absolute Gasteiger partial charge is 0.315 e. The first-order valence-corrected chi connectivity index (χ1v) is 7.59. The second kappa shape index (κ2) is 9.03. The summed E-state index contributed by atoms with van der Waals surface area (Å²) in [5.74, 6) is 0. The largest absolute Gasteiger partial charge is 0.379 e. The van der Waals surface area contributed by atoms with Crippen LogP contribution in [0, 0.1) is 11.3 Å². The number of nitrogens with one attached hydrogen (secondary N) is 2. The zero-order chi connectivity index (χ0) is 15.6. The Morgan fingerprint density at radius 3 is 2.64 bits per heavy atom. The molecule has 1 saturated heterocycles. The normalized spacial score (nSPS) is 15.0. The van der Waals surface area contributed by atoms with Gasteiger partial charge in [-0.3, -0.25) is 4.90 Å². The van der Waals surface area contributed by atoms with E-state index in [1.807, 2.05) is 12.1 Å². The van der Waals surface area contributed by atoms with Crippen molar-refractivity contribution >= 4 is 6.03 Å². The molecular weight excluding hydrogens is 280 g/mol. The molecule has 22 heavy (non-hydrogen) atoms. The lowest BCUT2D eigenvalue weighted by Crippen LogP contribution is -2.39. The van der Waals surface area contributed by atoms with Crippen LogP contribution in [0.5, 0.6) is 0 Å². The highest BCUT2D eigenvalue weighted by Crippen LogP contribution is 2.02. The molecule has 0 atom stereocenters. The lowest BCUT2D eigenvalue weighted by Gasteiger charge is -2.26. The molecule has 6 nitrogen and oxygen atoms in total. The van der Waals surface area contributed by atoms with Gasteiger partial charge < -0.3 is 15.4 Å². The molecule has 2 rings (SSSR count). The maximum atomic E-state index is 11.7. The Bertz CT molecular complexity index is 504. The fourth-order valence-electron chi connectivity index (χ4n) is 2.27. The number of carbonyl (C=O) groups excluding carboxylic acids is 1. The highest BCUT2D eigenvalue weighted by Gasteiger charge is 2.09. The Balaban J connectivity index is 1.56. The lowest BCUT2D eigenvalue weighted by atomic mass is 10.1. The van der Waals surface area contributed by atoms with Crippen LogP contribution >= 0.6 is 0 Å². The Labute approximate surface area is 131 Å². The molecule has 2 N–H and O–H groups in total. The first-order valence-electron chi connectivity index (χ1n) is 7.59. The van der Waals surface area contributed by atoms with Crippen molar-refractivity contribution in [1.82, 2.24) is 15.5 Å². The number of benzene rings is 1. The van der Waals surface area contributed by atoms with Crippen LogP contribution < -0.4 is 10.6 Å². The van der Waals surface area contributed by atoms with Crippen molar-refractivity contribution < 1.29 is 9.53 Å². The summed E-state index contributed by atoms with van der Waals surface area (Å²) in [5, 5.41) is 14.4. The van der Waals surface area contributed by atoms with Gasteiger partial charge in [-0.05, 0) is 30.7 Å². The van der Waals surface area contributed by atoms with Gasteiger partial charge in [-0.25, -0.2) is 4.79 Å². The highest BCUT2D eigenvalue weighted by molar-refractivity contribution is 5.73. The topological polar surface area (TPSA) is 77.4 Å². The number of hydrogen-bond acceptors (Lipinski definition) is 4. The molecule has 0 spiro atoms. The molecule has 1 aliphatic rings. The molecule has 118 valence electrons. The van der Waals surface area contributed by atoms with Gasteiger partial charge in [-0.2, -0.15) is 5.26 Å². The SMILES string of the molecule is N#Cc1ccc(CNC(=O)NCCCN2CCOCC2)cc1. The van der Waals surface area contributed by atoms with Crippen molar-refractivity contribution in [2.75, 3.05) is 39.4 Å². The van der Waals surface area contributed by atoms with Crippen molar-refractivity contribution in [2.45, 2.75) is 13.0 Å². The summed E-state index contributed by atoms with van der Waals surface area (Å²) in [6.07, 6.45) is 0.935. The molecule has 0 unspecified atom stereocenters. The number of nitriles is 1. The Hall–Kier alpha value is -2.10. The van der Waals surface area contributed by atoms with Gasteiger partial charge in [-0.1, -0.05) is 12.1 Å². The summed E-state index contributed by atoms with van der Waals surface area (Å²) in [7, 11) is 0. The maximum Gasteiger partial charge on any atom is 0.315 e. The molecule has 0 aliphatic carbocycles. The zero-order valence-electron chi connectivity index (χ0n) is 12.7. The molecule has 1 aromatic carbocycles. The summed E-state index contributed by atoms with van der Waals surface area (Å²) >= 11 is 0. The van der Waals surface area contributed by atoms with Crippen LogP contribution in [0.2, 0.25) is 0 Å². The third-order valence-corrected chi connectivity index (χ3v) is 3.58. The number of urea groups is 1. The van der Waals surface area contributed by atoms with Crippen LogP contribution in [0.15, 0.2) is 24.3 Å². The van der Waals surface area contributed by atoms with E-state index in [1.165, 1.54) is 0 Å². The van der Waals surface area contributed by atoms with Crippen molar-refractivity contribution in [2.24, 2.45) is 0 Å². The van der Waals surface area contributed by atoms with Crippen molar-refractivity contribution in [3.63, 3.8) is 0 Å². The molecule has 0 bridgehead atoms. The van der Waals surface area contributed by atoms with Crippen LogP contribution in [0.25, 0.3) is 0 Å². The number of amides is 2. The highest BCUT2D eigenvalue weighted by atomic mass is 16.5. The molecule has 1 heterocycles. The van der Waals surface area contributed by atoms with Crippen LogP contribution in [0.3, 0.4) is 0 Å². The monoisotopic (exact) mass is 302 g/mol. The molecule has 0 radical (unpaired) electrons. The maximum absolute atomic E-state index is 11.7. The fourth-order valence-corrected chi connectivity index (χ4v) is 2.27. The molecule has 2 amide bonds. The second-order valence-corrected chi connectivity index (χ2v) is 5.23. The van der Waals surface area contributed by atoms with E-state index in [2.05, 4.69) is 21.6 Å². The first-order chi connectivity index (χ1) is 10.8. The summed E-state index contributed by atoms with van der Waals surface area (Å²) in [5.41, 5.74) is 1.60. The number of ether oxygens (including phenoxy) is 1. The average molecular weight is 302 g/mol. The van der Waals surface area contributed by atoms with E-state index >= 15 is 0 Å². The predicted molar refractivity (Wildman–Crippen MR) is 83.3 cm³/mol. The van der Waals surface area contributed by atoms with E-state index in [4.69, 9.17) is 10.00 Å². The summed E-state index contributed by atoms with van der Waals surface area (Å²) < 4.78 is 5.29. The van der Waals surface area contributed by atoms with Crippen molar-refractivity contribution in [3.8, 4) is 6.07 Å². The molecule has 1 aromatic rings. The van der Waals surface area contributed by atoms with E-state index in [9.17, 15) is 4.79 Å². The first kappa shape index (κ1) is 16.3. The molecule has 1 fully saturated rings. The van der Waals surface area contributed by atoms with Gasteiger partial charge in [0.15, 0.2) is 0 Å². The standard InChI is InChI=1S/C16H22N4O2/c17-12-14-2-4-15(5-3-14)13-19-16(21)18-6-1-7-20-8-10-22-11-9-20/h2-5H,1,6-11,13H2,(H2,18,19,21).